The summed E-state index contributed by atoms with van der Waals surface area (Å²) in [7, 11) is 1.62. The number of ether oxygens (including phenoxy) is 2. The minimum absolute atomic E-state index is 0.0716. The van der Waals surface area contributed by atoms with Gasteiger partial charge in [-0.25, -0.2) is 0 Å². The third-order valence-electron chi connectivity index (χ3n) is 4.99. The first-order chi connectivity index (χ1) is 12.7. The summed E-state index contributed by atoms with van der Waals surface area (Å²) in [6.07, 6.45) is 2.06. The summed E-state index contributed by atoms with van der Waals surface area (Å²) in [5, 5.41) is 0. The van der Waals surface area contributed by atoms with Gasteiger partial charge in [-0.1, -0.05) is 48.5 Å². The Morgan fingerprint density at radius 3 is 2.38 bits per heavy atom. The summed E-state index contributed by atoms with van der Waals surface area (Å²) in [5.41, 5.74) is 0.969. The van der Waals surface area contributed by atoms with Crippen molar-refractivity contribution in [2.24, 2.45) is 11.8 Å². The van der Waals surface area contributed by atoms with Gasteiger partial charge in [0, 0.05) is 20.0 Å². The minimum atomic E-state index is -0.335. The first-order valence-corrected chi connectivity index (χ1v) is 9.05. The van der Waals surface area contributed by atoms with E-state index in [2.05, 4.69) is 0 Å². The molecule has 0 bridgehead atoms. The van der Waals surface area contributed by atoms with Crippen molar-refractivity contribution in [3.63, 3.8) is 0 Å². The van der Waals surface area contributed by atoms with Crippen molar-refractivity contribution in [2.75, 3.05) is 7.11 Å². The summed E-state index contributed by atoms with van der Waals surface area (Å²) in [6, 6.07) is 18.8. The van der Waals surface area contributed by atoms with Gasteiger partial charge in [-0.05, 0) is 36.5 Å². The Morgan fingerprint density at radius 1 is 1.08 bits per heavy atom. The number of para-hydroxylation sites is 1. The lowest BCUT2D eigenvalue weighted by Gasteiger charge is -2.35. The zero-order valence-electron chi connectivity index (χ0n) is 15.0. The molecule has 0 aromatic heterocycles. The molecule has 1 aliphatic rings. The Labute approximate surface area is 154 Å². The number of ketones is 1. The predicted molar refractivity (Wildman–Crippen MR) is 98.7 cm³/mol. The number of hydrogen-bond donors (Lipinski definition) is 0. The number of carbonyl (C=O) groups excluding carboxylic acids is 2. The van der Waals surface area contributed by atoms with Crippen LogP contribution in [0.15, 0.2) is 60.7 Å². The molecule has 3 unspecified atom stereocenters. The molecule has 2 aromatic carbocycles. The molecule has 0 heterocycles. The van der Waals surface area contributed by atoms with E-state index in [4.69, 9.17) is 9.47 Å². The lowest BCUT2D eigenvalue weighted by Crippen LogP contribution is -2.36. The largest absolute Gasteiger partial charge is 0.427 e. The molecule has 1 saturated carbocycles. The summed E-state index contributed by atoms with van der Waals surface area (Å²) in [4.78, 5) is 25.1. The number of rotatable bonds is 6. The van der Waals surface area contributed by atoms with Crippen LogP contribution >= 0.6 is 0 Å². The molecule has 4 nitrogen and oxygen atoms in total. The molecular weight excluding hydrogens is 328 g/mol. The van der Waals surface area contributed by atoms with Gasteiger partial charge in [-0.3, -0.25) is 9.59 Å². The highest BCUT2D eigenvalue weighted by molar-refractivity contribution is 5.84. The van der Waals surface area contributed by atoms with E-state index >= 15 is 0 Å². The average molecular weight is 352 g/mol. The summed E-state index contributed by atoms with van der Waals surface area (Å²) < 4.78 is 11.1. The van der Waals surface area contributed by atoms with Gasteiger partial charge < -0.3 is 9.47 Å². The van der Waals surface area contributed by atoms with Gasteiger partial charge in [0.25, 0.3) is 0 Å². The number of benzene rings is 2. The molecule has 0 N–H and O–H groups in total. The summed E-state index contributed by atoms with van der Waals surface area (Å²) >= 11 is 0. The molecule has 0 saturated heterocycles. The highest BCUT2D eigenvalue weighted by Gasteiger charge is 2.39. The number of carbonyl (C=O) groups is 2. The van der Waals surface area contributed by atoms with Gasteiger partial charge in [0.2, 0.25) is 0 Å². The molecule has 0 aliphatic heterocycles. The van der Waals surface area contributed by atoms with Crippen LogP contribution in [-0.4, -0.2) is 18.9 Å². The lowest BCUT2D eigenvalue weighted by molar-refractivity contribution is -0.140. The standard InChI is InChI=1S/C22H24O4/c1-25-22(16-9-4-2-5-10-16)21-17(11-8-14-19(21)23)15-20(24)26-18-12-6-3-7-13-18/h2-7,9-10,12-13,17,21-22H,8,11,14-15H2,1H3. The van der Waals surface area contributed by atoms with Gasteiger partial charge in [0.05, 0.1) is 12.0 Å². The third kappa shape index (κ3) is 4.38. The van der Waals surface area contributed by atoms with E-state index in [1.807, 2.05) is 48.5 Å². The second-order valence-corrected chi connectivity index (χ2v) is 6.70. The number of Topliss-reactive ketones (excluding diaryl/α,β-unsaturated/α-hetero) is 1. The van der Waals surface area contributed by atoms with Crippen molar-refractivity contribution in [1.29, 1.82) is 0 Å². The number of esters is 1. The van der Waals surface area contributed by atoms with E-state index in [1.54, 1.807) is 19.2 Å². The molecule has 0 amide bonds. The van der Waals surface area contributed by atoms with Crippen LogP contribution in [0, 0.1) is 11.8 Å². The highest BCUT2D eigenvalue weighted by Crippen LogP contribution is 2.40. The fraction of sp³-hybridized carbons (Fsp3) is 0.364. The Kier molecular flexibility index (Phi) is 6.18. The van der Waals surface area contributed by atoms with E-state index in [-0.39, 0.29) is 36.1 Å². The van der Waals surface area contributed by atoms with Crippen LogP contribution in [-0.2, 0) is 14.3 Å². The maximum absolute atomic E-state index is 12.7. The van der Waals surface area contributed by atoms with Gasteiger partial charge >= 0.3 is 5.97 Å². The van der Waals surface area contributed by atoms with Crippen LogP contribution in [0.25, 0.3) is 0 Å². The van der Waals surface area contributed by atoms with Gasteiger partial charge in [0.1, 0.15) is 11.5 Å². The second-order valence-electron chi connectivity index (χ2n) is 6.70. The number of hydrogen-bond acceptors (Lipinski definition) is 4. The van der Waals surface area contributed by atoms with Crippen LogP contribution in [0.3, 0.4) is 0 Å². The molecule has 2 aromatic rings. The van der Waals surface area contributed by atoms with Crippen LogP contribution in [0.5, 0.6) is 5.75 Å². The summed E-state index contributed by atoms with van der Waals surface area (Å²) in [5.74, 6) is 0.00732. The Balaban J connectivity index is 1.75. The monoisotopic (exact) mass is 352 g/mol. The van der Waals surface area contributed by atoms with E-state index in [9.17, 15) is 9.59 Å². The van der Waals surface area contributed by atoms with Crippen LogP contribution in [0.4, 0.5) is 0 Å². The van der Waals surface area contributed by atoms with E-state index in [0.717, 1.165) is 18.4 Å². The topological polar surface area (TPSA) is 52.6 Å². The van der Waals surface area contributed by atoms with E-state index in [0.29, 0.717) is 12.2 Å². The van der Waals surface area contributed by atoms with Crippen LogP contribution in [0.1, 0.15) is 37.4 Å². The second kappa shape index (κ2) is 8.77. The molecule has 3 rings (SSSR count). The Bertz CT molecular complexity index is 726. The van der Waals surface area contributed by atoms with E-state index < -0.39 is 0 Å². The highest BCUT2D eigenvalue weighted by atomic mass is 16.5. The first kappa shape index (κ1) is 18.3. The van der Waals surface area contributed by atoms with Crippen LogP contribution < -0.4 is 4.74 Å². The van der Waals surface area contributed by atoms with Crippen molar-refractivity contribution in [3.8, 4) is 5.75 Å². The number of methoxy groups -OCH3 is 1. The third-order valence-corrected chi connectivity index (χ3v) is 4.99. The van der Waals surface area contributed by atoms with Crippen molar-refractivity contribution >= 4 is 11.8 Å². The molecule has 0 spiro atoms. The smallest absolute Gasteiger partial charge is 0.311 e. The van der Waals surface area contributed by atoms with Gasteiger partial charge in [0.15, 0.2) is 0 Å². The first-order valence-electron chi connectivity index (χ1n) is 9.05. The zero-order valence-corrected chi connectivity index (χ0v) is 15.0. The molecule has 0 radical (unpaired) electrons. The summed E-state index contributed by atoms with van der Waals surface area (Å²) in [6.45, 7) is 0. The lowest BCUT2D eigenvalue weighted by atomic mass is 9.72. The predicted octanol–water partition coefficient (Wildman–Crippen LogP) is 4.36. The van der Waals surface area contributed by atoms with Crippen molar-refractivity contribution in [3.05, 3.63) is 66.2 Å². The van der Waals surface area contributed by atoms with Crippen molar-refractivity contribution in [2.45, 2.75) is 31.8 Å². The Morgan fingerprint density at radius 2 is 1.73 bits per heavy atom. The molecular formula is C22H24O4. The molecule has 136 valence electrons. The molecule has 26 heavy (non-hydrogen) atoms. The van der Waals surface area contributed by atoms with E-state index in [1.165, 1.54) is 0 Å². The molecule has 1 fully saturated rings. The Hall–Kier alpha value is -2.46. The van der Waals surface area contributed by atoms with Gasteiger partial charge in [-0.15, -0.1) is 0 Å². The minimum Gasteiger partial charge on any atom is -0.427 e. The normalized spacial score (nSPS) is 21.2. The SMILES string of the molecule is COC(c1ccccc1)C1C(=O)CCCC1CC(=O)Oc1ccccc1. The molecule has 4 heteroatoms. The zero-order chi connectivity index (χ0) is 18.4. The quantitative estimate of drug-likeness (QED) is 0.573. The van der Waals surface area contributed by atoms with Gasteiger partial charge in [-0.2, -0.15) is 0 Å². The van der Waals surface area contributed by atoms with Crippen molar-refractivity contribution < 1.29 is 19.1 Å². The average Bonchev–Trinajstić information content (AvgIpc) is 2.66. The fourth-order valence-electron chi connectivity index (χ4n) is 3.80. The maximum atomic E-state index is 12.7. The molecule has 3 atom stereocenters. The maximum Gasteiger partial charge on any atom is 0.311 e. The van der Waals surface area contributed by atoms with Crippen LogP contribution in [0.2, 0.25) is 0 Å². The van der Waals surface area contributed by atoms with Crippen molar-refractivity contribution in [1.82, 2.24) is 0 Å². The molecule has 1 aliphatic carbocycles. The fourth-order valence-corrected chi connectivity index (χ4v) is 3.80.